The summed E-state index contributed by atoms with van der Waals surface area (Å²) in [6, 6.07) is 12.8. The molecule has 53 heavy (non-hydrogen) atoms. The maximum atomic E-state index is 14.2. The summed E-state index contributed by atoms with van der Waals surface area (Å²) in [5.74, 6) is -2.35. The van der Waals surface area contributed by atoms with Gasteiger partial charge in [-0.15, -0.1) is 0 Å². The van der Waals surface area contributed by atoms with Gasteiger partial charge in [0.2, 0.25) is 5.91 Å². The second kappa shape index (κ2) is 16.3. The van der Waals surface area contributed by atoms with Crippen LogP contribution in [0.4, 0.5) is 10.5 Å². The molecule has 0 radical (unpaired) electrons. The maximum absolute atomic E-state index is 14.2. The summed E-state index contributed by atoms with van der Waals surface area (Å²) < 4.78 is 10.5. The minimum Gasteiger partial charge on any atom is -0.444 e. The normalized spacial score (nSPS) is 16.6. The van der Waals surface area contributed by atoms with Gasteiger partial charge in [-0.2, -0.15) is 0 Å². The highest BCUT2D eigenvalue weighted by Crippen LogP contribution is 2.34. The van der Waals surface area contributed by atoms with Gasteiger partial charge in [0.15, 0.2) is 5.58 Å². The molecule has 2 aromatic carbocycles. The Morgan fingerprint density at radius 1 is 1.06 bits per heavy atom. The quantitative estimate of drug-likeness (QED) is 0.150. The zero-order valence-corrected chi connectivity index (χ0v) is 31.6. The van der Waals surface area contributed by atoms with Crippen molar-refractivity contribution < 1.29 is 28.3 Å². The molecular formula is C39H47ClN6O7. The monoisotopic (exact) mass is 746 g/mol. The van der Waals surface area contributed by atoms with Gasteiger partial charge >= 0.3 is 11.8 Å². The molecule has 1 aliphatic rings. The van der Waals surface area contributed by atoms with Crippen LogP contribution in [-0.2, 0) is 20.7 Å². The Bertz CT molecular complexity index is 2040. The van der Waals surface area contributed by atoms with Gasteiger partial charge in [0.25, 0.3) is 11.8 Å². The van der Waals surface area contributed by atoms with Gasteiger partial charge < -0.3 is 25.5 Å². The number of hydrogen-bond acceptors (Lipinski definition) is 9. The van der Waals surface area contributed by atoms with Crippen LogP contribution in [-0.4, -0.2) is 58.0 Å². The van der Waals surface area contributed by atoms with E-state index in [-0.39, 0.29) is 46.1 Å². The van der Waals surface area contributed by atoms with Crippen molar-refractivity contribution in [2.24, 2.45) is 17.6 Å². The van der Waals surface area contributed by atoms with Crippen LogP contribution in [0.5, 0.6) is 0 Å². The highest BCUT2D eigenvalue weighted by Gasteiger charge is 2.36. The van der Waals surface area contributed by atoms with E-state index in [4.69, 9.17) is 26.5 Å². The standard InChI is InChI=1S/C39H47ClN6O7/c1-21(2)43-34(47)31-16-15-28(22(3)44-31)25-11-7-23(8-12-25)17-30(41)36(49)46(27-18-29(40)33-32(19-27)45-38(51)52-33)35(48)26-13-9-24(10-14-26)20-42-37(50)53-39(4,5)6/h7-8,11-12,15-16,18-19,21,24,26,30H,9-10,13-14,17,20,41H2,1-6H3,(H,42,50)(H,43,47)(H,45,51)/t24?,26?,30-/m0/s1. The van der Waals surface area contributed by atoms with E-state index >= 15 is 0 Å². The fourth-order valence-electron chi connectivity index (χ4n) is 6.49. The SMILES string of the molecule is Cc1nc(C(=O)NC(C)C)ccc1-c1ccc(C[C@H](N)C(=O)N(C(=O)C2CCC(CNC(=O)OC(C)(C)C)CC2)c2cc(Cl)c3oc(=O)[nH]c3c2)cc1. The summed E-state index contributed by atoms with van der Waals surface area (Å²) in [5, 5.41) is 5.71. The van der Waals surface area contributed by atoms with E-state index in [9.17, 15) is 24.0 Å². The molecule has 5 rings (SSSR count). The third-order valence-corrected chi connectivity index (χ3v) is 9.35. The molecule has 1 aliphatic carbocycles. The largest absolute Gasteiger partial charge is 0.444 e. The molecule has 13 nitrogen and oxygen atoms in total. The number of aryl methyl sites for hydroxylation is 1. The molecule has 282 valence electrons. The van der Waals surface area contributed by atoms with Crippen LogP contribution in [0.25, 0.3) is 22.2 Å². The number of benzene rings is 2. The number of nitrogens with two attached hydrogens (primary N) is 1. The molecule has 0 aliphatic heterocycles. The molecule has 1 saturated carbocycles. The fraction of sp³-hybridized carbons (Fsp3) is 0.436. The predicted molar refractivity (Wildman–Crippen MR) is 203 cm³/mol. The lowest BCUT2D eigenvalue weighted by atomic mass is 9.81. The number of aromatic amines is 1. The Labute approximate surface area is 313 Å². The van der Waals surface area contributed by atoms with Crippen molar-refractivity contribution >= 4 is 52.2 Å². The van der Waals surface area contributed by atoms with E-state index in [1.807, 2.05) is 51.1 Å². The number of H-pyrrole nitrogens is 1. The van der Waals surface area contributed by atoms with Gasteiger partial charge in [0, 0.05) is 29.8 Å². The molecule has 1 fully saturated rings. The number of alkyl carbamates (subject to hydrolysis) is 1. The zero-order valence-electron chi connectivity index (χ0n) is 30.9. The molecule has 5 N–H and O–H groups in total. The number of rotatable bonds is 10. The summed E-state index contributed by atoms with van der Waals surface area (Å²) >= 11 is 6.46. The smallest absolute Gasteiger partial charge is 0.417 e. The van der Waals surface area contributed by atoms with E-state index in [0.29, 0.717) is 43.6 Å². The van der Waals surface area contributed by atoms with E-state index in [0.717, 1.165) is 21.6 Å². The number of oxazole rings is 1. The summed E-state index contributed by atoms with van der Waals surface area (Å²) in [6.07, 6.45) is 1.95. The van der Waals surface area contributed by atoms with Crippen LogP contribution < -0.4 is 27.0 Å². The second-order valence-corrected chi connectivity index (χ2v) is 15.3. The minimum absolute atomic E-state index is 0.00922. The predicted octanol–water partition coefficient (Wildman–Crippen LogP) is 6.04. The number of nitrogens with one attached hydrogen (secondary N) is 3. The Hall–Kier alpha value is -5.01. The first kappa shape index (κ1) is 39.2. The molecule has 0 saturated heterocycles. The van der Waals surface area contributed by atoms with Gasteiger partial charge in [-0.05, 0) is 109 Å². The summed E-state index contributed by atoms with van der Waals surface area (Å²) in [4.78, 5) is 73.0. The third kappa shape index (κ3) is 9.91. The van der Waals surface area contributed by atoms with Crippen LogP contribution in [0.1, 0.15) is 82.0 Å². The number of imide groups is 1. The number of pyridine rings is 1. The van der Waals surface area contributed by atoms with Crippen LogP contribution in [0.3, 0.4) is 0 Å². The number of fused-ring (bicyclic) bond motifs is 1. The highest BCUT2D eigenvalue weighted by atomic mass is 35.5. The number of amides is 4. The molecule has 0 unspecified atom stereocenters. The topological polar surface area (TPSA) is 190 Å². The fourth-order valence-corrected chi connectivity index (χ4v) is 6.74. The van der Waals surface area contributed by atoms with Crippen molar-refractivity contribution in [3.8, 4) is 11.1 Å². The number of carbonyl (C=O) groups is 4. The molecule has 0 spiro atoms. The van der Waals surface area contributed by atoms with E-state index in [1.165, 1.54) is 12.1 Å². The molecule has 0 bridgehead atoms. The lowest BCUT2D eigenvalue weighted by Crippen LogP contribution is -2.50. The average molecular weight is 747 g/mol. The highest BCUT2D eigenvalue weighted by molar-refractivity contribution is 6.35. The number of halogens is 1. The minimum atomic E-state index is -1.10. The Kier molecular flexibility index (Phi) is 12.1. The van der Waals surface area contributed by atoms with Gasteiger partial charge in [-0.25, -0.2) is 19.5 Å². The number of nitrogens with zero attached hydrogens (tertiary/aromatic N) is 2. The number of carbonyl (C=O) groups excluding carboxylic acids is 4. The van der Waals surface area contributed by atoms with Gasteiger partial charge in [-0.1, -0.05) is 41.9 Å². The maximum Gasteiger partial charge on any atom is 0.417 e. The first-order valence-corrected chi connectivity index (χ1v) is 18.2. The Morgan fingerprint density at radius 3 is 2.36 bits per heavy atom. The molecule has 14 heteroatoms. The van der Waals surface area contributed by atoms with Gasteiger partial charge in [0.1, 0.15) is 11.3 Å². The number of ether oxygens (including phenoxy) is 1. The lowest BCUT2D eigenvalue weighted by Gasteiger charge is -2.32. The van der Waals surface area contributed by atoms with Crippen LogP contribution in [0, 0.1) is 18.8 Å². The summed E-state index contributed by atoms with van der Waals surface area (Å²) in [5.41, 5.74) is 9.98. The second-order valence-electron chi connectivity index (χ2n) is 14.9. The first-order chi connectivity index (χ1) is 25.0. The van der Waals surface area contributed by atoms with Gasteiger partial charge in [-0.3, -0.25) is 19.4 Å². The van der Waals surface area contributed by atoms with Crippen LogP contribution in [0.2, 0.25) is 5.02 Å². The molecular weight excluding hydrogens is 700 g/mol. The summed E-state index contributed by atoms with van der Waals surface area (Å²) in [6.45, 7) is 11.4. The molecule has 4 aromatic rings. The van der Waals surface area contributed by atoms with Crippen molar-refractivity contribution in [3.63, 3.8) is 0 Å². The van der Waals surface area contributed by atoms with Crippen LogP contribution >= 0.6 is 11.6 Å². The molecule has 1 atom stereocenters. The number of anilines is 1. The van der Waals surface area contributed by atoms with E-state index in [2.05, 4.69) is 20.6 Å². The first-order valence-electron chi connectivity index (χ1n) is 17.8. The molecule has 2 heterocycles. The number of aromatic nitrogens is 2. The lowest BCUT2D eigenvalue weighted by molar-refractivity contribution is -0.130. The zero-order chi connectivity index (χ0) is 38.6. The number of hydrogen-bond donors (Lipinski definition) is 4. The summed E-state index contributed by atoms with van der Waals surface area (Å²) in [7, 11) is 0. The van der Waals surface area contributed by atoms with E-state index < -0.39 is 41.2 Å². The van der Waals surface area contributed by atoms with Crippen molar-refractivity contribution in [1.29, 1.82) is 0 Å². The molecule has 4 amide bonds. The average Bonchev–Trinajstić information content (AvgIpc) is 3.47. The van der Waals surface area contributed by atoms with E-state index in [1.54, 1.807) is 26.8 Å². The van der Waals surface area contributed by atoms with Crippen molar-refractivity contribution in [3.05, 3.63) is 81.1 Å². The van der Waals surface area contributed by atoms with Gasteiger partial charge in [0.05, 0.1) is 22.3 Å². The third-order valence-electron chi connectivity index (χ3n) is 9.06. The molecule has 2 aromatic heterocycles. The van der Waals surface area contributed by atoms with Crippen molar-refractivity contribution in [1.82, 2.24) is 20.6 Å². The van der Waals surface area contributed by atoms with Crippen molar-refractivity contribution in [2.75, 3.05) is 11.4 Å². The van der Waals surface area contributed by atoms with Crippen molar-refractivity contribution in [2.45, 2.75) is 91.3 Å². The van der Waals surface area contributed by atoms with Crippen LogP contribution in [0.15, 0.2) is 57.7 Å². The Balaban J connectivity index is 1.31. The Morgan fingerprint density at radius 2 is 1.74 bits per heavy atom.